The molecular weight excluding hydrogens is 186 g/mol. The smallest absolute Gasteiger partial charge is 0.328 e. The van der Waals surface area contributed by atoms with E-state index in [1.807, 2.05) is 0 Å². The van der Waals surface area contributed by atoms with Crippen molar-refractivity contribution in [3.63, 3.8) is 0 Å². The standard InChI is InChI=1S/C9H13NO4/c1-14-7-4-5-10(6-7)8(11)2-3-9(12)13/h2-3,7H,4-6H2,1H3,(H,12,13)/b3-2+/t7-/m0/s1. The molecule has 0 aromatic rings. The number of carbonyl (C=O) groups is 2. The first-order valence-electron chi connectivity index (χ1n) is 4.36. The molecule has 0 aromatic carbocycles. The molecule has 0 saturated carbocycles. The van der Waals surface area contributed by atoms with Gasteiger partial charge in [0.2, 0.25) is 5.91 Å². The Kier molecular flexibility index (Phi) is 3.64. The maximum Gasteiger partial charge on any atom is 0.328 e. The summed E-state index contributed by atoms with van der Waals surface area (Å²) in [4.78, 5) is 23.1. The van der Waals surface area contributed by atoms with E-state index < -0.39 is 5.97 Å². The molecule has 1 aliphatic rings. The van der Waals surface area contributed by atoms with E-state index >= 15 is 0 Å². The molecule has 1 atom stereocenters. The van der Waals surface area contributed by atoms with Gasteiger partial charge in [0.1, 0.15) is 0 Å². The van der Waals surface area contributed by atoms with Gasteiger partial charge in [-0.15, -0.1) is 0 Å². The Labute approximate surface area is 82.0 Å². The summed E-state index contributed by atoms with van der Waals surface area (Å²) >= 11 is 0. The van der Waals surface area contributed by atoms with Crippen molar-refractivity contribution in [1.82, 2.24) is 4.90 Å². The predicted octanol–water partition coefficient (Wildman–Crippen LogP) is -0.126. The highest BCUT2D eigenvalue weighted by molar-refractivity contribution is 5.94. The third kappa shape index (κ3) is 2.85. The number of rotatable bonds is 3. The number of hydrogen-bond acceptors (Lipinski definition) is 3. The van der Waals surface area contributed by atoms with Crippen LogP contribution in [0.25, 0.3) is 0 Å². The fourth-order valence-electron chi connectivity index (χ4n) is 1.37. The number of aliphatic carboxylic acids is 1. The topological polar surface area (TPSA) is 66.8 Å². The van der Waals surface area contributed by atoms with Gasteiger partial charge in [0.25, 0.3) is 0 Å². The maximum absolute atomic E-state index is 11.3. The van der Waals surface area contributed by atoms with Crippen LogP contribution in [0.4, 0.5) is 0 Å². The minimum atomic E-state index is -1.11. The van der Waals surface area contributed by atoms with Crippen LogP contribution in [0, 0.1) is 0 Å². The first-order valence-corrected chi connectivity index (χ1v) is 4.36. The van der Waals surface area contributed by atoms with Gasteiger partial charge in [0.15, 0.2) is 0 Å². The number of carbonyl (C=O) groups excluding carboxylic acids is 1. The fourth-order valence-corrected chi connectivity index (χ4v) is 1.37. The fraction of sp³-hybridized carbons (Fsp3) is 0.556. The van der Waals surface area contributed by atoms with E-state index in [0.29, 0.717) is 13.1 Å². The van der Waals surface area contributed by atoms with Crippen molar-refractivity contribution in [3.05, 3.63) is 12.2 Å². The van der Waals surface area contributed by atoms with Gasteiger partial charge in [0.05, 0.1) is 6.10 Å². The lowest BCUT2D eigenvalue weighted by molar-refractivity contribution is -0.132. The summed E-state index contributed by atoms with van der Waals surface area (Å²) in [6.07, 6.45) is 2.81. The van der Waals surface area contributed by atoms with Crippen molar-refractivity contribution >= 4 is 11.9 Å². The molecule has 1 saturated heterocycles. The Morgan fingerprint density at radius 2 is 2.21 bits per heavy atom. The molecular formula is C9H13NO4. The Balaban J connectivity index is 2.43. The van der Waals surface area contributed by atoms with E-state index in [-0.39, 0.29) is 12.0 Å². The number of carboxylic acids is 1. The molecule has 0 bridgehead atoms. The Morgan fingerprint density at radius 3 is 2.71 bits per heavy atom. The molecule has 1 amide bonds. The normalized spacial score (nSPS) is 21.8. The maximum atomic E-state index is 11.3. The average molecular weight is 199 g/mol. The number of methoxy groups -OCH3 is 1. The zero-order valence-electron chi connectivity index (χ0n) is 7.97. The van der Waals surface area contributed by atoms with Crippen molar-refractivity contribution in [2.75, 3.05) is 20.2 Å². The SMILES string of the molecule is CO[C@H]1CCN(C(=O)/C=C/C(=O)O)C1. The highest BCUT2D eigenvalue weighted by Crippen LogP contribution is 2.11. The molecule has 14 heavy (non-hydrogen) atoms. The van der Waals surface area contributed by atoms with E-state index in [0.717, 1.165) is 18.6 Å². The second-order valence-electron chi connectivity index (χ2n) is 3.10. The van der Waals surface area contributed by atoms with E-state index in [4.69, 9.17) is 9.84 Å². The minimum Gasteiger partial charge on any atom is -0.478 e. The second-order valence-corrected chi connectivity index (χ2v) is 3.10. The molecule has 0 radical (unpaired) electrons. The van der Waals surface area contributed by atoms with Crippen LogP contribution in [0.2, 0.25) is 0 Å². The lowest BCUT2D eigenvalue weighted by atomic mass is 10.3. The second kappa shape index (κ2) is 4.76. The largest absolute Gasteiger partial charge is 0.478 e. The summed E-state index contributed by atoms with van der Waals surface area (Å²) in [6.45, 7) is 1.17. The van der Waals surface area contributed by atoms with E-state index in [1.54, 1.807) is 12.0 Å². The highest BCUT2D eigenvalue weighted by Gasteiger charge is 2.24. The first kappa shape index (κ1) is 10.7. The molecule has 78 valence electrons. The number of carboxylic acid groups (broad SMARTS) is 1. The van der Waals surface area contributed by atoms with Gasteiger partial charge in [-0.25, -0.2) is 4.79 Å². The Hall–Kier alpha value is -1.36. The lowest BCUT2D eigenvalue weighted by Gasteiger charge is -2.13. The Morgan fingerprint density at radius 1 is 1.50 bits per heavy atom. The van der Waals surface area contributed by atoms with Gasteiger partial charge in [0, 0.05) is 32.4 Å². The van der Waals surface area contributed by atoms with Gasteiger partial charge >= 0.3 is 5.97 Å². The van der Waals surface area contributed by atoms with Crippen LogP contribution >= 0.6 is 0 Å². The summed E-state index contributed by atoms with van der Waals surface area (Å²) in [5.41, 5.74) is 0. The molecule has 0 aliphatic carbocycles. The van der Waals surface area contributed by atoms with Crippen LogP contribution in [0.1, 0.15) is 6.42 Å². The van der Waals surface area contributed by atoms with Crippen molar-refractivity contribution in [2.45, 2.75) is 12.5 Å². The number of nitrogens with zero attached hydrogens (tertiary/aromatic N) is 1. The molecule has 0 aromatic heterocycles. The van der Waals surface area contributed by atoms with Crippen LogP contribution < -0.4 is 0 Å². The Bertz CT molecular complexity index is 262. The van der Waals surface area contributed by atoms with Crippen LogP contribution in [0.3, 0.4) is 0 Å². The third-order valence-electron chi connectivity index (χ3n) is 2.16. The van der Waals surface area contributed by atoms with Crippen LogP contribution in [0.5, 0.6) is 0 Å². The number of amides is 1. The number of hydrogen-bond donors (Lipinski definition) is 1. The molecule has 5 nitrogen and oxygen atoms in total. The van der Waals surface area contributed by atoms with Crippen LogP contribution in [-0.4, -0.2) is 48.2 Å². The monoisotopic (exact) mass is 199 g/mol. The summed E-state index contributed by atoms with van der Waals surface area (Å²) in [7, 11) is 1.60. The molecule has 1 heterocycles. The van der Waals surface area contributed by atoms with Gasteiger partial charge in [-0.3, -0.25) is 4.79 Å². The van der Waals surface area contributed by atoms with Gasteiger partial charge < -0.3 is 14.7 Å². The molecule has 1 aliphatic heterocycles. The van der Waals surface area contributed by atoms with Crippen molar-refractivity contribution in [2.24, 2.45) is 0 Å². The summed E-state index contributed by atoms with van der Waals surface area (Å²) < 4.78 is 5.08. The van der Waals surface area contributed by atoms with Crippen molar-refractivity contribution < 1.29 is 19.4 Å². The van der Waals surface area contributed by atoms with Gasteiger partial charge in [-0.05, 0) is 6.42 Å². The van der Waals surface area contributed by atoms with E-state index in [9.17, 15) is 9.59 Å². The van der Waals surface area contributed by atoms with Crippen LogP contribution in [-0.2, 0) is 14.3 Å². The molecule has 0 spiro atoms. The number of ether oxygens (including phenoxy) is 1. The highest BCUT2D eigenvalue weighted by atomic mass is 16.5. The van der Waals surface area contributed by atoms with Crippen LogP contribution in [0.15, 0.2) is 12.2 Å². The predicted molar refractivity (Wildman–Crippen MR) is 48.8 cm³/mol. The summed E-state index contributed by atoms with van der Waals surface area (Å²) in [5, 5.41) is 8.32. The van der Waals surface area contributed by atoms with Gasteiger partial charge in [-0.2, -0.15) is 0 Å². The zero-order chi connectivity index (χ0) is 10.6. The summed E-state index contributed by atoms with van der Waals surface area (Å²) in [5.74, 6) is -1.38. The zero-order valence-corrected chi connectivity index (χ0v) is 7.97. The molecule has 1 fully saturated rings. The average Bonchev–Trinajstić information content (AvgIpc) is 2.62. The van der Waals surface area contributed by atoms with E-state index in [1.165, 1.54) is 0 Å². The minimum absolute atomic E-state index is 0.0807. The molecule has 1 rings (SSSR count). The molecule has 5 heteroatoms. The third-order valence-corrected chi connectivity index (χ3v) is 2.16. The summed E-state index contributed by atoms with van der Waals surface area (Å²) in [6, 6.07) is 0. The molecule has 0 unspecified atom stereocenters. The molecule has 1 N–H and O–H groups in total. The quantitative estimate of drug-likeness (QED) is 0.643. The van der Waals surface area contributed by atoms with Gasteiger partial charge in [-0.1, -0.05) is 0 Å². The van der Waals surface area contributed by atoms with Crippen molar-refractivity contribution in [1.29, 1.82) is 0 Å². The lowest BCUT2D eigenvalue weighted by Crippen LogP contribution is -2.28. The number of likely N-dealkylation sites (tertiary alicyclic amines) is 1. The van der Waals surface area contributed by atoms with E-state index in [2.05, 4.69) is 0 Å². The van der Waals surface area contributed by atoms with Crippen molar-refractivity contribution in [3.8, 4) is 0 Å². The first-order chi connectivity index (χ1) is 6.63.